The summed E-state index contributed by atoms with van der Waals surface area (Å²) in [6.45, 7) is 20.3. The topological polar surface area (TPSA) is 41.9 Å². The van der Waals surface area contributed by atoms with E-state index in [1.807, 2.05) is 13.8 Å². The first-order chi connectivity index (χ1) is 9.85. The average Bonchev–Trinajstić information content (AvgIpc) is 2.38. The fourth-order valence-corrected chi connectivity index (χ4v) is 3.34. The Morgan fingerprint density at radius 3 is 1.77 bits per heavy atom. The van der Waals surface area contributed by atoms with Crippen LogP contribution >= 0.6 is 0 Å². The first kappa shape index (κ1) is 19.9. The molecule has 0 radical (unpaired) electrons. The van der Waals surface area contributed by atoms with Crippen LogP contribution in [0, 0.1) is 17.8 Å². The molecule has 0 aromatic heterocycles. The van der Waals surface area contributed by atoms with Crippen LogP contribution in [0.4, 0.5) is 0 Å². The second-order valence-electron chi connectivity index (χ2n) is 8.90. The van der Waals surface area contributed by atoms with E-state index in [0.717, 1.165) is 0 Å². The maximum absolute atomic E-state index is 10.6. The minimum absolute atomic E-state index is 0.0514. The number of hydrogen-bond donors (Lipinski definition) is 1. The van der Waals surface area contributed by atoms with Crippen molar-refractivity contribution in [3.05, 3.63) is 0 Å². The predicted molar refractivity (Wildman–Crippen MR) is 89.9 cm³/mol. The third-order valence-corrected chi connectivity index (χ3v) is 4.84. The average molecular weight is 315 g/mol. The van der Waals surface area contributed by atoms with Crippen molar-refractivity contribution in [3.63, 3.8) is 0 Å². The SMILES string of the molecule is CC(C)COC1(OCC(C)C)CC(C)(C)N(O)C(C)(C)C1C. The van der Waals surface area contributed by atoms with Gasteiger partial charge in [-0.25, -0.2) is 0 Å². The highest BCUT2D eigenvalue weighted by Crippen LogP contribution is 2.48. The molecule has 22 heavy (non-hydrogen) atoms. The van der Waals surface area contributed by atoms with Gasteiger partial charge in [-0.1, -0.05) is 34.6 Å². The monoisotopic (exact) mass is 315 g/mol. The molecule has 132 valence electrons. The molecule has 4 heteroatoms. The lowest BCUT2D eigenvalue weighted by atomic mass is 9.70. The molecule has 0 bridgehead atoms. The molecule has 1 unspecified atom stereocenters. The normalized spacial score (nSPS) is 27.5. The summed E-state index contributed by atoms with van der Waals surface area (Å²) in [5, 5.41) is 12.1. The molecule has 0 saturated carbocycles. The molecule has 0 aromatic carbocycles. The summed E-state index contributed by atoms with van der Waals surface area (Å²) >= 11 is 0. The van der Waals surface area contributed by atoms with Gasteiger partial charge >= 0.3 is 0 Å². The van der Waals surface area contributed by atoms with Gasteiger partial charge < -0.3 is 14.7 Å². The molecule has 1 N–H and O–H groups in total. The Balaban J connectivity index is 3.15. The molecule has 0 aliphatic carbocycles. The smallest absolute Gasteiger partial charge is 0.174 e. The van der Waals surface area contributed by atoms with Crippen LogP contribution in [-0.2, 0) is 9.47 Å². The van der Waals surface area contributed by atoms with Gasteiger partial charge in [0.05, 0.1) is 13.2 Å². The highest BCUT2D eigenvalue weighted by molar-refractivity contribution is 5.05. The van der Waals surface area contributed by atoms with Gasteiger partial charge in [-0.05, 0) is 39.5 Å². The van der Waals surface area contributed by atoms with Crippen LogP contribution < -0.4 is 0 Å². The van der Waals surface area contributed by atoms with Crippen LogP contribution in [0.1, 0.15) is 68.7 Å². The maximum Gasteiger partial charge on any atom is 0.174 e. The van der Waals surface area contributed by atoms with E-state index < -0.39 is 16.9 Å². The highest BCUT2D eigenvalue weighted by atomic mass is 16.7. The van der Waals surface area contributed by atoms with Gasteiger partial charge in [-0.3, -0.25) is 0 Å². The van der Waals surface area contributed by atoms with Gasteiger partial charge in [0.1, 0.15) is 0 Å². The van der Waals surface area contributed by atoms with Gasteiger partial charge in [0.25, 0.3) is 0 Å². The van der Waals surface area contributed by atoms with Crippen molar-refractivity contribution in [2.75, 3.05) is 13.2 Å². The highest BCUT2D eigenvalue weighted by Gasteiger charge is 2.59. The van der Waals surface area contributed by atoms with E-state index in [9.17, 15) is 5.21 Å². The second kappa shape index (κ2) is 6.76. The third-order valence-electron chi connectivity index (χ3n) is 4.84. The van der Waals surface area contributed by atoms with Crippen LogP contribution in [0.2, 0.25) is 0 Å². The minimum atomic E-state index is -0.652. The minimum Gasteiger partial charge on any atom is -0.349 e. The van der Waals surface area contributed by atoms with Crippen LogP contribution in [0.5, 0.6) is 0 Å². The van der Waals surface area contributed by atoms with E-state index in [1.54, 1.807) is 0 Å². The van der Waals surface area contributed by atoms with Crippen LogP contribution in [0.15, 0.2) is 0 Å². The van der Waals surface area contributed by atoms with E-state index in [-0.39, 0.29) is 5.92 Å². The number of nitrogens with zero attached hydrogens (tertiary/aromatic N) is 1. The van der Waals surface area contributed by atoms with Crippen LogP contribution in [0.25, 0.3) is 0 Å². The number of piperidine rings is 1. The summed E-state index contributed by atoms with van der Waals surface area (Å²) in [5.41, 5.74) is -0.820. The first-order valence-electron chi connectivity index (χ1n) is 8.62. The largest absolute Gasteiger partial charge is 0.349 e. The Morgan fingerprint density at radius 2 is 1.41 bits per heavy atom. The zero-order chi connectivity index (χ0) is 17.3. The molecule has 0 amide bonds. The Morgan fingerprint density at radius 1 is 1.00 bits per heavy atom. The standard InChI is InChI=1S/C18H37NO3/c1-13(2)10-21-18(22-11-14(3)4)12-16(6,7)19(20)17(8,9)15(18)5/h13-15,20H,10-12H2,1-9H3. The maximum atomic E-state index is 10.6. The third kappa shape index (κ3) is 4.02. The number of hydroxylamine groups is 2. The van der Waals surface area contributed by atoms with Crippen LogP contribution in [0.3, 0.4) is 0 Å². The van der Waals surface area contributed by atoms with Gasteiger partial charge in [-0.15, -0.1) is 0 Å². The van der Waals surface area contributed by atoms with Crippen molar-refractivity contribution in [1.82, 2.24) is 5.06 Å². The lowest BCUT2D eigenvalue weighted by Gasteiger charge is -2.59. The Kier molecular flexibility index (Phi) is 6.11. The van der Waals surface area contributed by atoms with E-state index >= 15 is 0 Å². The molecule has 1 atom stereocenters. The quantitative estimate of drug-likeness (QED) is 0.741. The first-order valence-corrected chi connectivity index (χ1v) is 8.62. The van der Waals surface area contributed by atoms with E-state index in [4.69, 9.17) is 9.47 Å². The summed E-state index contributed by atoms with van der Waals surface area (Å²) in [6.07, 6.45) is 0.653. The Labute approximate surface area is 137 Å². The van der Waals surface area contributed by atoms with Crippen molar-refractivity contribution >= 4 is 0 Å². The number of rotatable bonds is 6. The molecular weight excluding hydrogens is 278 g/mol. The number of hydrogen-bond acceptors (Lipinski definition) is 4. The van der Waals surface area contributed by atoms with Crippen molar-refractivity contribution in [3.8, 4) is 0 Å². The van der Waals surface area contributed by atoms with Crippen molar-refractivity contribution in [2.45, 2.75) is 85.6 Å². The summed E-state index contributed by atoms with van der Waals surface area (Å²) in [7, 11) is 0. The van der Waals surface area contributed by atoms with E-state index in [1.165, 1.54) is 5.06 Å². The Hall–Kier alpha value is -0.160. The van der Waals surface area contributed by atoms with Crippen molar-refractivity contribution < 1.29 is 14.7 Å². The molecule has 0 spiro atoms. The molecule has 1 fully saturated rings. The molecule has 1 aliphatic rings. The van der Waals surface area contributed by atoms with Crippen LogP contribution in [-0.4, -0.2) is 40.3 Å². The van der Waals surface area contributed by atoms with Gasteiger partial charge in [0.2, 0.25) is 0 Å². The van der Waals surface area contributed by atoms with E-state index in [2.05, 4.69) is 48.5 Å². The molecule has 1 aliphatic heterocycles. The molecule has 0 aromatic rings. The number of ether oxygens (including phenoxy) is 2. The lowest BCUT2D eigenvalue weighted by Crippen LogP contribution is -2.70. The van der Waals surface area contributed by atoms with Gasteiger partial charge in [0, 0.05) is 23.4 Å². The lowest BCUT2D eigenvalue weighted by molar-refractivity contribution is -0.371. The zero-order valence-electron chi connectivity index (χ0n) is 16.1. The van der Waals surface area contributed by atoms with E-state index in [0.29, 0.717) is 31.5 Å². The summed E-state index contributed by atoms with van der Waals surface area (Å²) in [6, 6.07) is 0. The molecule has 1 heterocycles. The second-order valence-corrected chi connectivity index (χ2v) is 8.90. The molecule has 1 saturated heterocycles. The zero-order valence-corrected chi connectivity index (χ0v) is 16.1. The summed E-state index contributed by atoms with van der Waals surface area (Å²) < 4.78 is 12.7. The van der Waals surface area contributed by atoms with Crippen molar-refractivity contribution in [2.24, 2.45) is 17.8 Å². The summed E-state index contributed by atoms with van der Waals surface area (Å²) in [5.74, 6) is 0.298. The fraction of sp³-hybridized carbons (Fsp3) is 1.00. The summed E-state index contributed by atoms with van der Waals surface area (Å²) in [4.78, 5) is 0. The molecular formula is C18H37NO3. The van der Waals surface area contributed by atoms with Crippen molar-refractivity contribution in [1.29, 1.82) is 0 Å². The molecule has 1 rings (SSSR count). The fourth-order valence-electron chi connectivity index (χ4n) is 3.34. The van der Waals surface area contributed by atoms with Gasteiger partial charge in [0.15, 0.2) is 5.79 Å². The Bertz CT molecular complexity index is 351. The molecule has 4 nitrogen and oxygen atoms in total. The van der Waals surface area contributed by atoms with Gasteiger partial charge in [-0.2, -0.15) is 5.06 Å². The predicted octanol–water partition coefficient (Wildman–Crippen LogP) is 4.32.